The van der Waals surface area contributed by atoms with Crippen LogP contribution in [0.1, 0.15) is 22.2 Å². The highest BCUT2D eigenvalue weighted by molar-refractivity contribution is 7.13. The maximum atomic E-state index is 11.9. The van der Waals surface area contributed by atoms with E-state index in [0.717, 1.165) is 6.54 Å². The summed E-state index contributed by atoms with van der Waals surface area (Å²) >= 11 is 7.24. The Kier molecular flexibility index (Phi) is 2.88. The molecule has 2 heterocycles. The molecule has 0 N–H and O–H groups in total. The fraction of sp³-hybridized carbons (Fsp3) is 0.200. The predicted octanol–water partition coefficient (Wildman–Crippen LogP) is 2.85. The Morgan fingerprint density at radius 2 is 2.47 bits per heavy atom. The van der Waals surface area contributed by atoms with Crippen LogP contribution in [0.4, 0.5) is 0 Å². The summed E-state index contributed by atoms with van der Waals surface area (Å²) in [7, 11) is 0. The maximum absolute atomic E-state index is 11.9. The van der Waals surface area contributed by atoms with E-state index in [1.54, 1.807) is 28.5 Å². The van der Waals surface area contributed by atoms with Gasteiger partial charge in [-0.15, -0.1) is 11.3 Å². The van der Waals surface area contributed by atoms with Crippen molar-refractivity contribution in [1.82, 2.24) is 9.78 Å². The third kappa shape index (κ3) is 1.96. The summed E-state index contributed by atoms with van der Waals surface area (Å²) in [5, 5.41) is 6.37. The second-order valence-corrected chi connectivity index (χ2v) is 4.33. The Hall–Kier alpha value is -1.13. The van der Waals surface area contributed by atoms with Crippen LogP contribution in [0, 0.1) is 0 Å². The van der Waals surface area contributed by atoms with E-state index in [1.807, 2.05) is 6.92 Å². The van der Waals surface area contributed by atoms with Gasteiger partial charge in [0.05, 0.1) is 21.7 Å². The number of aryl methyl sites for hydroxylation is 1. The molecule has 78 valence electrons. The van der Waals surface area contributed by atoms with Crippen LogP contribution < -0.4 is 0 Å². The van der Waals surface area contributed by atoms with E-state index in [-0.39, 0.29) is 5.78 Å². The first kappa shape index (κ1) is 10.4. The van der Waals surface area contributed by atoms with E-state index in [0.29, 0.717) is 15.5 Å². The Labute approximate surface area is 96.3 Å². The molecule has 2 rings (SSSR count). The molecule has 0 unspecified atom stereocenters. The molecule has 0 spiro atoms. The van der Waals surface area contributed by atoms with Gasteiger partial charge in [0.1, 0.15) is 0 Å². The largest absolute Gasteiger partial charge is 0.288 e. The van der Waals surface area contributed by atoms with Crippen LogP contribution in [0.2, 0.25) is 5.02 Å². The monoisotopic (exact) mass is 240 g/mol. The zero-order chi connectivity index (χ0) is 10.8. The van der Waals surface area contributed by atoms with Crippen LogP contribution in [0.3, 0.4) is 0 Å². The van der Waals surface area contributed by atoms with Gasteiger partial charge in [0.15, 0.2) is 0 Å². The van der Waals surface area contributed by atoms with Gasteiger partial charge < -0.3 is 0 Å². The minimum absolute atomic E-state index is 0.0605. The molecule has 3 nitrogen and oxygen atoms in total. The lowest BCUT2D eigenvalue weighted by atomic mass is 10.2. The molecule has 0 aliphatic carbocycles. The number of ketones is 1. The quantitative estimate of drug-likeness (QED) is 0.774. The number of hydrogen-bond acceptors (Lipinski definition) is 3. The van der Waals surface area contributed by atoms with Crippen LogP contribution in [0.15, 0.2) is 23.8 Å². The number of carbonyl (C=O) groups is 1. The van der Waals surface area contributed by atoms with E-state index >= 15 is 0 Å². The number of aromatic nitrogens is 2. The Morgan fingerprint density at radius 3 is 3.00 bits per heavy atom. The summed E-state index contributed by atoms with van der Waals surface area (Å²) in [6.07, 6.45) is 3.31. The molecule has 0 saturated heterocycles. The second-order valence-electron chi connectivity index (χ2n) is 3.01. The highest BCUT2D eigenvalue weighted by Crippen LogP contribution is 2.24. The first-order valence-electron chi connectivity index (χ1n) is 4.52. The lowest BCUT2D eigenvalue weighted by molar-refractivity contribution is 0.104. The molecule has 0 aromatic carbocycles. The number of thiophene rings is 1. The predicted molar refractivity (Wildman–Crippen MR) is 60.7 cm³/mol. The van der Waals surface area contributed by atoms with E-state index in [9.17, 15) is 4.79 Å². The molecule has 5 heteroatoms. The molecular weight excluding hydrogens is 232 g/mol. The Morgan fingerprint density at radius 1 is 1.67 bits per heavy atom. The van der Waals surface area contributed by atoms with Crippen LogP contribution in [0.5, 0.6) is 0 Å². The van der Waals surface area contributed by atoms with Crippen LogP contribution in [-0.4, -0.2) is 15.6 Å². The van der Waals surface area contributed by atoms with Crippen molar-refractivity contribution in [2.75, 3.05) is 0 Å². The molecule has 2 aromatic rings. The Bertz CT molecular complexity index is 489. The van der Waals surface area contributed by atoms with Crippen molar-refractivity contribution >= 4 is 28.7 Å². The van der Waals surface area contributed by atoms with Crippen LogP contribution in [-0.2, 0) is 6.54 Å². The van der Waals surface area contributed by atoms with E-state index in [1.165, 1.54) is 11.3 Å². The van der Waals surface area contributed by atoms with Crippen LogP contribution in [0.25, 0.3) is 0 Å². The van der Waals surface area contributed by atoms with Crippen molar-refractivity contribution in [2.24, 2.45) is 0 Å². The molecule has 2 aromatic heterocycles. The van der Waals surface area contributed by atoms with Crippen molar-refractivity contribution in [1.29, 1.82) is 0 Å². The number of carbonyl (C=O) groups excluding carboxylic acids is 1. The third-order valence-corrected chi connectivity index (χ3v) is 3.38. The normalized spacial score (nSPS) is 10.5. The van der Waals surface area contributed by atoms with Gasteiger partial charge in [0, 0.05) is 12.7 Å². The average molecular weight is 241 g/mol. The van der Waals surface area contributed by atoms with Crippen molar-refractivity contribution < 1.29 is 4.79 Å². The Balaban J connectivity index is 2.32. The maximum Gasteiger partial charge on any atom is 0.207 e. The molecule has 0 amide bonds. The van der Waals surface area contributed by atoms with Gasteiger partial charge in [-0.2, -0.15) is 5.10 Å². The van der Waals surface area contributed by atoms with Gasteiger partial charge in [-0.3, -0.25) is 9.48 Å². The van der Waals surface area contributed by atoms with Crippen molar-refractivity contribution in [3.8, 4) is 0 Å². The standard InChI is InChI=1S/C10H9ClN2OS/c1-2-13-6-7(5-12-13)9(14)10-8(11)3-4-15-10/h3-6H,2H2,1H3. The minimum Gasteiger partial charge on any atom is -0.288 e. The molecular formula is C10H9ClN2OS. The fourth-order valence-corrected chi connectivity index (χ4v) is 2.34. The minimum atomic E-state index is -0.0605. The zero-order valence-corrected chi connectivity index (χ0v) is 9.68. The van der Waals surface area contributed by atoms with Gasteiger partial charge in [-0.25, -0.2) is 0 Å². The van der Waals surface area contributed by atoms with Crippen molar-refractivity contribution in [3.63, 3.8) is 0 Å². The molecule has 0 aliphatic rings. The number of nitrogens with zero attached hydrogens (tertiary/aromatic N) is 2. The molecule has 0 aliphatic heterocycles. The van der Waals surface area contributed by atoms with Gasteiger partial charge in [0.25, 0.3) is 0 Å². The summed E-state index contributed by atoms with van der Waals surface area (Å²) in [5.41, 5.74) is 0.584. The van der Waals surface area contributed by atoms with E-state index in [2.05, 4.69) is 5.10 Å². The molecule has 0 bridgehead atoms. The van der Waals surface area contributed by atoms with Gasteiger partial charge >= 0.3 is 0 Å². The summed E-state index contributed by atoms with van der Waals surface area (Å²) in [4.78, 5) is 12.5. The number of rotatable bonds is 3. The molecule has 15 heavy (non-hydrogen) atoms. The molecule has 0 atom stereocenters. The highest BCUT2D eigenvalue weighted by atomic mass is 35.5. The third-order valence-electron chi connectivity index (χ3n) is 2.04. The molecule has 0 saturated carbocycles. The highest BCUT2D eigenvalue weighted by Gasteiger charge is 2.15. The van der Waals surface area contributed by atoms with Crippen LogP contribution >= 0.6 is 22.9 Å². The lowest BCUT2D eigenvalue weighted by Crippen LogP contribution is -1.98. The zero-order valence-electron chi connectivity index (χ0n) is 8.11. The summed E-state index contributed by atoms with van der Waals surface area (Å²) < 4.78 is 1.72. The summed E-state index contributed by atoms with van der Waals surface area (Å²) in [6.45, 7) is 2.73. The van der Waals surface area contributed by atoms with Gasteiger partial charge in [-0.05, 0) is 18.4 Å². The summed E-state index contributed by atoms with van der Waals surface area (Å²) in [6, 6.07) is 1.73. The van der Waals surface area contributed by atoms with E-state index in [4.69, 9.17) is 11.6 Å². The van der Waals surface area contributed by atoms with E-state index < -0.39 is 0 Å². The van der Waals surface area contributed by atoms with Crippen molar-refractivity contribution in [2.45, 2.75) is 13.5 Å². The second kappa shape index (κ2) is 4.16. The fourth-order valence-electron chi connectivity index (χ4n) is 1.24. The first-order valence-corrected chi connectivity index (χ1v) is 5.78. The van der Waals surface area contributed by atoms with Crippen molar-refractivity contribution in [3.05, 3.63) is 39.3 Å². The lowest BCUT2D eigenvalue weighted by Gasteiger charge is -1.94. The van der Waals surface area contributed by atoms with Gasteiger partial charge in [0.2, 0.25) is 5.78 Å². The molecule has 0 radical (unpaired) electrons. The summed E-state index contributed by atoms with van der Waals surface area (Å²) in [5.74, 6) is -0.0605. The smallest absolute Gasteiger partial charge is 0.207 e. The topological polar surface area (TPSA) is 34.9 Å². The SMILES string of the molecule is CCn1cc(C(=O)c2sccc2Cl)cn1. The number of halogens is 1. The number of hydrogen-bond donors (Lipinski definition) is 0. The first-order chi connectivity index (χ1) is 7.22. The molecule has 0 fully saturated rings. The average Bonchev–Trinajstić information content (AvgIpc) is 2.84. The van der Waals surface area contributed by atoms with Gasteiger partial charge in [-0.1, -0.05) is 11.6 Å².